The van der Waals surface area contributed by atoms with Gasteiger partial charge in [0.15, 0.2) is 0 Å². The minimum absolute atomic E-state index is 0.252. The summed E-state index contributed by atoms with van der Waals surface area (Å²) in [5.74, 6) is 0.252. The van der Waals surface area contributed by atoms with E-state index in [0.717, 1.165) is 6.42 Å². The third kappa shape index (κ3) is 3.54. The molecule has 0 atom stereocenters. The molecule has 0 saturated heterocycles. The summed E-state index contributed by atoms with van der Waals surface area (Å²) in [6.07, 6.45) is 1.47. The number of ketones is 1. The Morgan fingerprint density at radius 3 is 2.16 bits per heavy atom. The van der Waals surface area contributed by atoms with E-state index in [4.69, 9.17) is 0 Å². The van der Waals surface area contributed by atoms with E-state index in [2.05, 4.69) is 56.3 Å². The molecule has 2 aromatic carbocycles. The van der Waals surface area contributed by atoms with Crippen LogP contribution in [0.4, 0.5) is 0 Å². The van der Waals surface area contributed by atoms with E-state index in [0.29, 0.717) is 6.42 Å². The maximum Gasteiger partial charge on any atom is 0.130 e. The van der Waals surface area contributed by atoms with Gasteiger partial charge in [-0.15, -0.1) is 0 Å². The molecule has 0 heterocycles. The predicted molar refractivity (Wildman–Crippen MR) is 80.4 cm³/mol. The van der Waals surface area contributed by atoms with Gasteiger partial charge in [-0.3, -0.25) is 0 Å². The molecular formula is C18H20O. The summed E-state index contributed by atoms with van der Waals surface area (Å²) < 4.78 is 0. The van der Waals surface area contributed by atoms with Gasteiger partial charge < -0.3 is 4.79 Å². The third-order valence-corrected chi connectivity index (χ3v) is 3.47. The van der Waals surface area contributed by atoms with Crippen molar-refractivity contribution < 1.29 is 4.79 Å². The van der Waals surface area contributed by atoms with E-state index in [1.165, 1.54) is 27.8 Å². The SMILES string of the molecule is CC(=O)CCc1ccc(-c2ccc(C)cc2)cc1C. The van der Waals surface area contributed by atoms with Gasteiger partial charge in [0.2, 0.25) is 0 Å². The van der Waals surface area contributed by atoms with Crippen molar-refractivity contribution in [2.24, 2.45) is 0 Å². The van der Waals surface area contributed by atoms with Gasteiger partial charge in [0.25, 0.3) is 0 Å². The highest BCUT2D eigenvalue weighted by atomic mass is 16.1. The van der Waals surface area contributed by atoms with Crippen molar-refractivity contribution in [1.29, 1.82) is 0 Å². The first-order chi connectivity index (χ1) is 9.06. The number of rotatable bonds is 4. The van der Waals surface area contributed by atoms with Gasteiger partial charge in [0, 0.05) is 6.42 Å². The zero-order valence-electron chi connectivity index (χ0n) is 11.9. The molecule has 0 spiro atoms. The minimum atomic E-state index is 0.252. The second kappa shape index (κ2) is 5.83. The van der Waals surface area contributed by atoms with E-state index in [1.54, 1.807) is 6.92 Å². The second-order valence-electron chi connectivity index (χ2n) is 5.21. The van der Waals surface area contributed by atoms with Gasteiger partial charge in [0.05, 0.1) is 0 Å². The molecule has 1 heteroatoms. The van der Waals surface area contributed by atoms with Gasteiger partial charge >= 0.3 is 0 Å². The molecule has 0 aliphatic heterocycles. The molecule has 2 aromatic rings. The molecule has 0 aliphatic rings. The van der Waals surface area contributed by atoms with Crippen LogP contribution in [-0.2, 0) is 11.2 Å². The van der Waals surface area contributed by atoms with E-state index >= 15 is 0 Å². The fourth-order valence-corrected chi connectivity index (χ4v) is 2.21. The van der Waals surface area contributed by atoms with Crippen LogP contribution in [0.3, 0.4) is 0 Å². The summed E-state index contributed by atoms with van der Waals surface area (Å²) in [7, 11) is 0. The standard InChI is InChI=1S/C18H20O/c1-13-4-7-17(8-5-13)18-11-10-16(14(2)12-18)9-6-15(3)19/h4-5,7-8,10-12H,6,9H2,1-3H3. The maximum atomic E-state index is 11.0. The summed E-state index contributed by atoms with van der Waals surface area (Å²) in [5, 5.41) is 0. The van der Waals surface area contributed by atoms with E-state index in [1.807, 2.05) is 0 Å². The van der Waals surface area contributed by atoms with Crippen molar-refractivity contribution in [1.82, 2.24) is 0 Å². The zero-order chi connectivity index (χ0) is 13.8. The van der Waals surface area contributed by atoms with Crippen molar-refractivity contribution in [3.05, 3.63) is 59.2 Å². The molecule has 98 valence electrons. The third-order valence-electron chi connectivity index (χ3n) is 3.47. The Morgan fingerprint density at radius 1 is 0.947 bits per heavy atom. The lowest BCUT2D eigenvalue weighted by Gasteiger charge is -2.08. The normalized spacial score (nSPS) is 10.5. The summed E-state index contributed by atoms with van der Waals surface area (Å²) in [4.78, 5) is 11.0. The molecule has 0 aliphatic carbocycles. The van der Waals surface area contributed by atoms with Gasteiger partial charge in [-0.1, -0.05) is 48.0 Å². The summed E-state index contributed by atoms with van der Waals surface area (Å²) in [5.41, 5.74) is 6.29. The highest BCUT2D eigenvalue weighted by molar-refractivity contribution is 5.75. The molecule has 0 radical (unpaired) electrons. The largest absolute Gasteiger partial charge is 0.300 e. The van der Waals surface area contributed by atoms with Gasteiger partial charge in [-0.2, -0.15) is 0 Å². The summed E-state index contributed by atoms with van der Waals surface area (Å²) >= 11 is 0. The van der Waals surface area contributed by atoms with Crippen molar-refractivity contribution in [2.75, 3.05) is 0 Å². The Kier molecular flexibility index (Phi) is 4.16. The number of aryl methyl sites for hydroxylation is 3. The highest BCUT2D eigenvalue weighted by Crippen LogP contribution is 2.23. The lowest BCUT2D eigenvalue weighted by atomic mass is 9.97. The second-order valence-corrected chi connectivity index (χ2v) is 5.21. The molecule has 0 N–H and O–H groups in total. The Morgan fingerprint density at radius 2 is 1.58 bits per heavy atom. The van der Waals surface area contributed by atoms with E-state index < -0.39 is 0 Å². The molecular weight excluding hydrogens is 232 g/mol. The molecule has 2 rings (SSSR count). The Labute approximate surface area is 115 Å². The van der Waals surface area contributed by atoms with Crippen LogP contribution in [0.2, 0.25) is 0 Å². The van der Waals surface area contributed by atoms with Crippen LogP contribution < -0.4 is 0 Å². The lowest BCUT2D eigenvalue weighted by molar-refractivity contribution is -0.116. The zero-order valence-corrected chi connectivity index (χ0v) is 11.9. The van der Waals surface area contributed by atoms with Crippen LogP contribution in [0.25, 0.3) is 11.1 Å². The molecule has 1 nitrogen and oxygen atoms in total. The molecule has 0 aromatic heterocycles. The molecule has 19 heavy (non-hydrogen) atoms. The molecule has 0 unspecified atom stereocenters. The molecule has 0 saturated carbocycles. The number of hydrogen-bond acceptors (Lipinski definition) is 1. The Balaban J connectivity index is 2.23. The van der Waals surface area contributed by atoms with Gasteiger partial charge in [-0.25, -0.2) is 0 Å². The van der Waals surface area contributed by atoms with Crippen LogP contribution >= 0.6 is 0 Å². The Bertz CT molecular complexity index is 579. The van der Waals surface area contributed by atoms with E-state index in [9.17, 15) is 4.79 Å². The summed E-state index contributed by atoms with van der Waals surface area (Å²) in [6.45, 7) is 5.86. The first kappa shape index (κ1) is 13.5. The van der Waals surface area contributed by atoms with Crippen LogP contribution in [0.5, 0.6) is 0 Å². The van der Waals surface area contributed by atoms with Crippen molar-refractivity contribution in [2.45, 2.75) is 33.6 Å². The number of hydrogen-bond donors (Lipinski definition) is 0. The van der Waals surface area contributed by atoms with Crippen LogP contribution in [0.15, 0.2) is 42.5 Å². The summed E-state index contributed by atoms with van der Waals surface area (Å²) in [6, 6.07) is 15.1. The predicted octanol–water partition coefficient (Wildman–Crippen LogP) is 4.49. The molecule has 0 amide bonds. The highest BCUT2D eigenvalue weighted by Gasteiger charge is 2.03. The minimum Gasteiger partial charge on any atom is -0.300 e. The maximum absolute atomic E-state index is 11.0. The topological polar surface area (TPSA) is 17.1 Å². The van der Waals surface area contributed by atoms with Gasteiger partial charge in [0.1, 0.15) is 5.78 Å². The number of Topliss-reactive ketones (excluding diaryl/α,β-unsaturated/α-hetero) is 1. The quantitative estimate of drug-likeness (QED) is 0.783. The lowest BCUT2D eigenvalue weighted by Crippen LogP contribution is -1.96. The molecule has 0 fully saturated rings. The smallest absolute Gasteiger partial charge is 0.130 e. The number of carbonyl (C=O) groups is 1. The fraction of sp³-hybridized carbons (Fsp3) is 0.278. The number of carbonyl (C=O) groups excluding carboxylic acids is 1. The fourth-order valence-electron chi connectivity index (χ4n) is 2.21. The Hall–Kier alpha value is -1.89. The van der Waals surface area contributed by atoms with Crippen molar-refractivity contribution >= 4 is 5.78 Å². The van der Waals surface area contributed by atoms with E-state index in [-0.39, 0.29) is 5.78 Å². The van der Waals surface area contributed by atoms with Crippen LogP contribution in [0.1, 0.15) is 30.0 Å². The van der Waals surface area contributed by atoms with Gasteiger partial charge in [-0.05, 0) is 49.4 Å². The van der Waals surface area contributed by atoms with Crippen molar-refractivity contribution in [3.8, 4) is 11.1 Å². The van der Waals surface area contributed by atoms with Crippen molar-refractivity contribution in [3.63, 3.8) is 0 Å². The molecule has 0 bridgehead atoms. The van der Waals surface area contributed by atoms with Crippen LogP contribution in [-0.4, -0.2) is 5.78 Å². The number of benzene rings is 2. The first-order valence-electron chi connectivity index (χ1n) is 6.72. The first-order valence-corrected chi connectivity index (χ1v) is 6.72. The van der Waals surface area contributed by atoms with Crippen LogP contribution in [0, 0.1) is 13.8 Å². The average molecular weight is 252 g/mol. The average Bonchev–Trinajstić information content (AvgIpc) is 2.38. The monoisotopic (exact) mass is 252 g/mol.